The van der Waals surface area contributed by atoms with Crippen molar-refractivity contribution in [3.8, 4) is 0 Å². The Morgan fingerprint density at radius 1 is 1.39 bits per heavy atom. The third kappa shape index (κ3) is 3.27. The molecule has 0 spiro atoms. The number of nitrogens with zero attached hydrogens (tertiary/aromatic N) is 2. The van der Waals surface area contributed by atoms with E-state index in [1.165, 1.54) is 6.20 Å². The molecule has 146 valence electrons. The number of ether oxygens (including phenoxy) is 1. The van der Waals surface area contributed by atoms with E-state index in [2.05, 4.69) is 5.10 Å². The van der Waals surface area contributed by atoms with E-state index in [-0.39, 0.29) is 17.8 Å². The Balaban J connectivity index is 2.27. The fourth-order valence-electron chi connectivity index (χ4n) is 3.65. The van der Waals surface area contributed by atoms with Crippen molar-refractivity contribution in [3.05, 3.63) is 65.6 Å². The quantitative estimate of drug-likeness (QED) is 0.600. The molecule has 1 aliphatic heterocycles. The Kier molecular flexibility index (Phi) is 4.99. The molecule has 0 bridgehead atoms. The number of rotatable bonds is 6. The van der Waals surface area contributed by atoms with Gasteiger partial charge in [-0.15, -0.1) is 4.59 Å². The van der Waals surface area contributed by atoms with E-state index >= 15 is 0 Å². The van der Waals surface area contributed by atoms with Gasteiger partial charge in [0.1, 0.15) is 7.05 Å². The fourth-order valence-corrected chi connectivity index (χ4v) is 3.65. The number of nitrogens with two attached hydrogens (primary N) is 1. The summed E-state index contributed by atoms with van der Waals surface area (Å²) >= 11 is 0. The van der Waals surface area contributed by atoms with Crippen LogP contribution in [0.5, 0.6) is 0 Å². The van der Waals surface area contributed by atoms with Gasteiger partial charge in [-0.05, 0) is 12.5 Å². The van der Waals surface area contributed by atoms with Gasteiger partial charge in [0.15, 0.2) is 11.9 Å². The zero-order valence-corrected chi connectivity index (χ0v) is 15.4. The standard InChI is InChI=1S/C20H19F2N3O3/c1-20(9-4-3-5-10-20)16-13(19(23)27)7-6-8-14(16)25(2)11-15(28-12-26)17(24-25)18(21)22/h3-9,11-12,18H,10H2,1-2H3,(H-,23,27)/p+1. The third-order valence-corrected chi connectivity index (χ3v) is 4.94. The SMILES string of the molecule is CC1(c2c(C(N)=O)cccc2[N+]2(C)C=C(OC=O)C(C(F)F)=N2)C=CC=CC1. The molecule has 2 unspecified atom stereocenters. The molecule has 0 radical (unpaired) electrons. The number of halogens is 2. The molecule has 6 nitrogen and oxygen atoms in total. The minimum absolute atomic E-state index is 0.0795. The molecule has 1 aliphatic carbocycles. The molecule has 1 aromatic rings. The van der Waals surface area contributed by atoms with Gasteiger partial charge in [0.05, 0.1) is 0 Å². The second-order valence-corrected chi connectivity index (χ2v) is 6.99. The fraction of sp³-hybridized carbons (Fsp3) is 0.250. The molecule has 1 aromatic carbocycles. The van der Waals surface area contributed by atoms with E-state index in [1.54, 1.807) is 25.2 Å². The van der Waals surface area contributed by atoms with Crippen molar-refractivity contribution in [1.29, 1.82) is 0 Å². The summed E-state index contributed by atoms with van der Waals surface area (Å²) in [5.74, 6) is -0.939. The number of primary amides is 1. The van der Waals surface area contributed by atoms with Crippen LogP contribution in [0.2, 0.25) is 0 Å². The highest BCUT2D eigenvalue weighted by Crippen LogP contribution is 2.44. The summed E-state index contributed by atoms with van der Waals surface area (Å²) in [7, 11) is 1.57. The van der Waals surface area contributed by atoms with E-state index in [0.717, 1.165) is 0 Å². The molecule has 2 aliphatic rings. The molecule has 1 amide bonds. The zero-order chi connectivity index (χ0) is 20.5. The third-order valence-electron chi connectivity index (χ3n) is 4.94. The molecule has 28 heavy (non-hydrogen) atoms. The lowest BCUT2D eigenvalue weighted by atomic mass is 9.74. The van der Waals surface area contributed by atoms with Gasteiger partial charge in [0, 0.05) is 22.6 Å². The highest BCUT2D eigenvalue weighted by molar-refractivity contribution is 6.04. The summed E-state index contributed by atoms with van der Waals surface area (Å²) in [6.07, 6.45) is 6.62. The van der Waals surface area contributed by atoms with Crippen molar-refractivity contribution in [2.45, 2.75) is 25.2 Å². The molecule has 0 saturated carbocycles. The molecule has 2 atom stereocenters. The maximum absolute atomic E-state index is 13.4. The van der Waals surface area contributed by atoms with Gasteiger partial charge in [0.2, 0.25) is 17.4 Å². The summed E-state index contributed by atoms with van der Waals surface area (Å²) in [5, 5.41) is 4.11. The summed E-state index contributed by atoms with van der Waals surface area (Å²) in [4.78, 5) is 22.9. The number of benzene rings is 1. The topological polar surface area (TPSA) is 81.8 Å². The zero-order valence-electron chi connectivity index (χ0n) is 15.4. The molecule has 0 fully saturated rings. The molecule has 3 rings (SSSR count). The van der Waals surface area contributed by atoms with Gasteiger partial charge in [-0.1, -0.05) is 42.4 Å². The number of allylic oxidation sites excluding steroid dienone is 5. The van der Waals surface area contributed by atoms with Crippen LogP contribution in [0.25, 0.3) is 0 Å². The van der Waals surface area contributed by atoms with Gasteiger partial charge in [0.25, 0.3) is 12.9 Å². The van der Waals surface area contributed by atoms with Crippen LogP contribution in [0.15, 0.2) is 59.6 Å². The van der Waals surface area contributed by atoms with Crippen LogP contribution in [0, 0.1) is 0 Å². The lowest BCUT2D eigenvalue weighted by molar-refractivity contribution is -0.124. The molecular weight excluding hydrogens is 368 g/mol. The highest BCUT2D eigenvalue weighted by Gasteiger charge is 2.44. The van der Waals surface area contributed by atoms with Crippen molar-refractivity contribution in [3.63, 3.8) is 0 Å². The Morgan fingerprint density at radius 2 is 2.14 bits per heavy atom. The maximum Gasteiger partial charge on any atom is 0.298 e. The molecule has 2 N–H and O–H groups in total. The summed E-state index contributed by atoms with van der Waals surface area (Å²) in [6.45, 7) is 2.01. The monoisotopic (exact) mass is 388 g/mol. The van der Waals surface area contributed by atoms with E-state index in [0.29, 0.717) is 17.7 Å². The van der Waals surface area contributed by atoms with Crippen LogP contribution in [-0.4, -0.2) is 31.6 Å². The predicted octanol–water partition coefficient (Wildman–Crippen LogP) is 3.15. The molecule has 0 aromatic heterocycles. The highest BCUT2D eigenvalue weighted by atomic mass is 19.3. The molecule has 1 heterocycles. The Morgan fingerprint density at radius 3 is 2.71 bits per heavy atom. The Labute approximate surface area is 160 Å². The van der Waals surface area contributed by atoms with Crippen LogP contribution in [0.4, 0.5) is 14.5 Å². The van der Waals surface area contributed by atoms with Gasteiger partial charge in [-0.25, -0.2) is 8.78 Å². The lowest BCUT2D eigenvalue weighted by Gasteiger charge is -2.33. The number of alkyl halides is 2. The molecule has 0 saturated heterocycles. The minimum atomic E-state index is -2.93. The van der Waals surface area contributed by atoms with Gasteiger partial charge in [-0.3, -0.25) is 9.59 Å². The maximum atomic E-state index is 13.4. The largest absolute Gasteiger partial charge is 0.421 e. The van der Waals surface area contributed by atoms with Gasteiger partial charge in [-0.2, -0.15) is 0 Å². The number of quaternary nitrogens is 1. The number of hydrogen-bond acceptors (Lipinski definition) is 4. The second-order valence-electron chi connectivity index (χ2n) is 6.99. The van der Waals surface area contributed by atoms with Crippen molar-refractivity contribution in [2.75, 3.05) is 7.05 Å². The first-order chi connectivity index (χ1) is 13.2. The van der Waals surface area contributed by atoms with Crippen LogP contribution >= 0.6 is 0 Å². The number of carbonyl (C=O) groups excluding carboxylic acids is 2. The van der Waals surface area contributed by atoms with Crippen molar-refractivity contribution >= 4 is 23.8 Å². The minimum Gasteiger partial charge on any atom is -0.421 e. The smallest absolute Gasteiger partial charge is 0.298 e. The summed E-state index contributed by atoms with van der Waals surface area (Å²) in [5.41, 5.74) is 5.74. The van der Waals surface area contributed by atoms with Gasteiger partial charge >= 0.3 is 0 Å². The normalized spacial score (nSPS) is 26.2. The average molecular weight is 388 g/mol. The van der Waals surface area contributed by atoms with Crippen LogP contribution in [-0.2, 0) is 14.9 Å². The predicted molar refractivity (Wildman–Crippen MR) is 102 cm³/mol. The van der Waals surface area contributed by atoms with E-state index in [4.69, 9.17) is 10.5 Å². The first-order valence-corrected chi connectivity index (χ1v) is 8.58. The van der Waals surface area contributed by atoms with Crippen LogP contribution in [0.1, 0.15) is 29.3 Å². The van der Waals surface area contributed by atoms with Crippen molar-refractivity contribution in [2.24, 2.45) is 10.8 Å². The first kappa shape index (κ1) is 19.6. The molecule has 8 heteroatoms. The lowest BCUT2D eigenvalue weighted by Crippen LogP contribution is -2.36. The van der Waals surface area contributed by atoms with Crippen molar-refractivity contribution < 1.29 is 23.1 Å². The van der Waals surface area contributed by atoms with E-state index in [9.17, 15) is 18.4 Å². The number of carbonyl (C=O) groups is 2. The Hall–Kier alpha value is -3.13. The first-order valence-electron chi connectivity index (χ1n) is 8.58. The van der Waals surface area contributed by atoms with E-state index < -0.39 is 28.1 Å². The van der Waals surface area contributed by atoms with E-state index in [1.807, 2.05) is 31.2 Å². The number of hydrogen-bond donors (Lipinski definition) is 1. The van der Waals surface area contributed by atoms with Crippen LogP contribution in [0.3, 0.4) is 0 Å². The Bertz CT molecular complexity index is 952. The second kappa shape index (κ2) is 7.12. The van der Waals surface area contributed by atoms with Crippen LogP contribution < -0.4 is 10.3 Å². The summed E-state index contributed by atoms with van der Waals surface area (Å²) in [6, 6.07) is 4.93. The summed E-state index contributed by atoms with van der Waals surface area (Å²) < 4.78 is 31.2. The van der Waals surface area contributed by atoms with Gasteiger partial charge < -0.3 is 10.5 Å². The van der Waals surface area contributed by atoms with Crippen molar-refractivity contribution in [1.82, 2.24) is 4.59 Å². The average Bonchev–Trinajstić information content (AvgIpc) is 3.00. The number of amides is 1. The molecular formula is C20H20F2N3O3+.